The minimum absolute atomic E-state index is 0.674. The van der Waals surface area contributed by atoms with Gasteiger partial charge < -0.3 is 0 Å². The van der Waals surface area contributed by atoms with E-state index < -0.39 is 0 Å². The highest BCUT2D eigenvalue weighted by atomic mass is 14.4. The zero-order valence-corrected chi connectivity index (χ0v) is 13.2. The highest BCUT2D eigenvalue weighted by Crippen LogP contribution is 2.52. The molecule has 2 bridgehead atoms. The van der Waals surface area contributed by atoms with E-state index in [0.717, 1.165) is 24.3 Å². The van der Waals surface area contributed by atoms with Gasteiger partial charge in [0, 0.05) is 0 Å². The first-order chi connectivity index (χ1) is 9.85. The van der Waals surface area contributed by atoms with Crippen molar-refractivity contribution >= 4 is 6.71 Å². The Balaban J connectivity index is 1.22. The van der Waals surface area contributed by atoms with Crippen molar-refractivity contribution in [2.45, 2.75) is 95.0 Å². The monoisotopic (exact) mass is 270 g/mol. The van der Waals surface area contributed by atoms with E-state index in [4.69, 9.17) is 0 Å². The maximum Gasteiger partial charge on any atom is 0.146 e. The molecule has 2 unspecified atom stereocenters. The number of fused-ring (bicyclic) bond motifs is 2. The topological polar surface area (TPSA) is 0 Å². The second-order valence-corrected chi connectivity index (χ2v) is 8.52. The van der Waals surface area contributed by atoms with Gasteiger partial charge in [-0.05, 0) is 37.0 Å². The Bertz CT molecular complexity index is 352. The first-order valence-corrected chi connectivity index (χ1v) is 9.54. The third-order valence-corrected chi connectivity index (χ3v) is 7.38. The van der Waals surface area contributed by atoms with E-state index in [9.17, 15) is 0 Å². The van der Waals surface area contributed by atoms with Gasteiger partial charge >= 0.3 is 0 Å². The van der Waals surface area contributed by atoms with Crippen LogP contribution in [0.4, 0.5) is 0 Å². The van der Waals surface area contributed by atoms with Gasteiger partial charge in [0.15, 0.2) is 0 Å². The van der Waals surface area contributed by atoms with Crippen molar-refractivity contribution in [1.82, 2.24) is 0 Å². The van der Waals surface area contributed by atoms with Crippen molar-refractivity contribution in [1.29, 1.82) is 0 Å². The van der Waals surface area contributed by atoms with Gasteiger partial charge in [-0.1, -0.05) is 81.5 Å². The van der Waals surface area contributed by atoms with Crippen LogP contribution in [0.25, 0.3) is 0 Å². The highest BCUT2D eigenvalue weighted by molar-refractivity contribution is 6.62. The number of hydrogen-bond acceptors (Lipinski definition) is 0. The van der Waals surface area contributed by atoms with E-state index in [1.807, 2.05) is 0 Å². The normalized spacial score (nSPS) is 36.1. The Morgan fingerprint density at radius 3 is 2.15 bits per heavy atom. The van der Waals surface area contributed by atoms with E-state index in [-0.39, 0.29) is 0 Å². The quantitative estimate of drug-likeness (QED) is 0.297. The summed E-state index contributed by atoms with van der Waals surface area (Å²) in [5, 5.41) is 0. The number of allylic oxidation sites excluding steroid dienone is 2. The second kappa shape index (κ2) is 5.54. The first kappa shape index (κ1) is 13.5. The fourth-order valence-electron chi connectivity index (χ4n) is 5.61. The molecule has 110 valence electrons. The minimum Gasteiger partial charge on any atom is -0.0848 e. The van der Waals surface area contributed by atoms with Crippen LogP contribution >= 0.6 is 0 Å². The van der Waals surface area contributed by atoms with Gasteiger partial charge in [-0.3, -0.25) is 0 Å². The minimum atomic E-state index is 0.674. The van der Waals surface area contributed by atoms with Crippen LogP contribution in [0.15, 0.2) is 12.2 Å². The van der Waals surface area contributed by atoms with Crippen molar-refractivity contribution < 1.29 is 0 Å². The second-order valence-electron chi connectivity index (χ2n) is 8.52. The van der Waals surface area contributed by atoms with Gasteiger partial charge in [-0.2, -0.15) is 0 Å². The highest BCUT2D eigenvalue weighted by Gasteiger charge is 2.41. The fraction of sp³-hybridized carbons (Fsp3) is 0.895. The molecule has 0 aromatic heterocycles. The Kier molecular flexibility index (Phi) is 3.73. The van der Waals surface area contributed by atoms with Gasteiger partial charge in [-0.15, -0.1) is 0 Å². The van der Waals surface area contributed by atoms with Crippen molar-refractivity contribution in [2.75, 3.05) is 0 Å². The van der Waals surface area contributed by atoms with Crippen LogP contribution in [0.1, 0.15) is 77.0 Å². The standard InChI is InChI=1S/C19H31B/c1(11-19-12-9-16(15-19)10-13-19)2-14-20(17-5-3-6-17)18-7-4-8-18/h9,12,16-18H,1-8,10-11,13-15H2. The molecule has 0 aromatic rings. The summed E-state index contributed by atoms with van der Waals surface area (Å²) in [4.78, 5) is 0. The molecule has 0 N–H and O–H groups in total. The lowest BCUT2D eigenvalue weighted by molar-refractivity contribution is 0.355. The third-order valence-electron chi connectivity index (χ3n) is 7.38. The van der Waals surface area contributed by atoms with Crippen LogP contribution in [0.3, 0.4) is 0 Å². The molecule has 4 aliphatic rings. The fourth-order valence-corrected chi connectivity index (χ4v) is 5.61. The number of hydrogen-bond donors (Lipinski definition) is 0. The molecule has 0 aliphatic heterocycles. The molecule has 0 saturated heterocycles. The van der Waals surface area contributed by atoms with Gasteiger partial charge in [0.2, 0.25) is 0 Å². The molecule has 4 aliphatic carbocycles. The molecule has 0 aromatic carbocycles. The predicted molar refractivity (Wildman–Crippen MR) is 88.5 cm³/mol. The molecular formula is C19H31B. The lowest BCUT2D eigenvalue weighted by Gasteiger charge is -2.40. The van der Waals surface area contributed by atoms with Gasteiger partial charge in [-0.25, -0.2) is 0 Å². The van der Waals surface area contributed by atoms with Crippen LogP contribution in [0, 0.1) is 11.3 Å². The summed E-state index contributed by atoms with van der Waals surface area (Å²) in [6.45, 7) is 1.13. The summed E-state index contributed by atoms with van der Waals surface area (Å²) in [5.74, 6) is 3.24. The molecule has 0 nitrogen and oxygen atoms in total. The maximum absolute atomic E-state index is 2.59. The molecule has 0 amide bonds. The summed E-state index contributed by atoms with van der Waals surface area (Å²) in [6.07, 6.45) is 25.0. The van der Waals surface area contributed by atoms with Crippen LogP contribution in [-0.4, -0.2) is 6.71 Å². The SMILES string of the molecule is C1=CC2(CCCCB(C3CCC3)C3CCC3)CCC1C2. The summed E-state index contributed by atoms with van der Waals surface area (Å²) in [7, 11) is 0. The molecule has 2 atom stereocenters. The molecule has 3 saturated carbocycles. The average molecular weight is 270 g/mol. The Morgan fingerprint density at radius 1 is 0.950 bits per heavy atom. The summed E-state index contributed by atoms with van der Waals surface area (Å²) >= 11 is 0. The molecular weight excluding hydrogens is 239 g/mol. The summed E-state index contributed by atoms with van der Waals surface area (Å²) in [5.41, 5.74) is 0.674. The molecule has 20 heavy (non-hydrogen) atoms. The van der Waals surface area contributed by atoms with Crippen LogP contribution in [0.2, 0.25) is 18.0 Å². The van der Waals surface area contributed by atoms with Crippen molar-refractivity contribution in [3.8, 4) is 0 Å². The van der Waals surface area contributed by atoms with Crippen molar-refractivity contribution in [2.24, 2.45) is 11.3 Å². The van der Waals surface area contributed by atoms with Gasteiger partial charge in [0.1, 0.15) is 6.71 Å². The van der Waals surface area contributed by atoms with E-state index in [2.05, 4.69) is 12.2 Å². The smallest absolute Gasteiger partial charge is 0.0848 e. The van der Waals surface area contributed by atoms with Crippen LogP contribution in [0.5, 0.6) is 0 Å². The molecule has 1 heteroatoms. The maximum atomic E-state index is 2.59. The molecule has 0 spiro atoms. The van der Waals surface area contributed by atoms with Crippen LogP contribution in [-0.2, 0) is 0 Å². The van der Waals surface area contributed by atoms with Gasteiger partial charge in [0.25, 0.3) is 0 Å². The number of rotatable bonds is 7. The zero-order valence-electron chi connectivity index (χ0n) is 13.2. The zero-order chi connectivity index (χ0) is 13.4. The lowest BCUT2D eigenvalue weighted by atomic mass is 9.26. The van der Waals surface area contributed by atoms with E-state index >= 15 is 0 Å². The van der Waals surface area contributed by atoms with Crippen molar-refractivity contribution in [3.63, 3.8) is 0 Å². The first-order valence-electron chi connectivity index (χ1n) is 9.54. The number of unbranched alkanes of at least 4 members (excludes halogenated alkanes) is 1. The predicted octanol–water partition coefficient (Wildman–Crippen LogP) is 6.12. The lowest BCUT2D eigenvalue weighted by Crippen LogP contribution is -2.34. The molecule has 3 fully saturated rings. The summed E-state index contributed by atoms with van der Waals surface area (Å²) in [6, 6.07) is 0. The molecule has 4 rings (SSSR count). The van der Waals surface area contributed by atoms with E-state index in [1.165, 1.54) is 51.4 Å². The third kappa shape index (κ3) is 2.50. The molecule has 0 heterocycles. The largest absolute Gasteiger partial charge is 0.146 e. The average Bonchev–Trinajstić information content (AvgIpc) is 2.90. The van der Waals surface area contributed by atoms with Gasteiger partial charge in [0.05, 0.1) is 0 Å². The Labute approximate surface area is 125 Å². The van der Waals surface area contributed by atoms with Crippen molar-refractivity contribution in [3.05, 3.63) is 12.2 Å². The van der Waals surface area contributed by atoms with E-state index in [0.29, 0.717) is 5.41 Å². The summed E-state index contributed by atoms with van der Waals surface area (Å²) < 4.78 is 0. The van der Waals surface area contributed by atoms with E-state index in [1.54, 1.807) is 32.0 Å². The molecule has 0 radical (unpaired) electrons. The van der Waals surface area contributed by atoms with Crippen LogP contribution < -0.4 is 0 Å². The Morgan fingerprint density at radius 2 is 1.70 bits per heavy atom. The Hall–Kier alpha value is -0.195.